The monoisotopic (exact) mass is 404 g/mol. The summed E-state index contributed by atoms with van der Waals surface area (Å²) in [6.45, 7) is 4.38. The summed E-state index contributed by atoms with van der Waals surface area (Å²) in [5, 5.41) is 6.75. The number of aryl methyl sites for hydroxylation is 2. The third-order valence-electron chi connectivity index (χ3n) is 4.42. The fourth-order valence-electron chi connectivity index (χ4n) is 2.89. The number of nitrogens with zero attached hydrogens (tertiary/aromatic N) is 3. The molecular weight excluding hydrogens is 385 g/mol. The maximum absolute atomic E-state index is 13.0. The molecule has 0 aliphatic heterocycles. The van der Waals surface area contributed by atoms with E-state index in [2.05, 4.69) is 10.4 Å². The molecule has 2 heterocycles. The largest absolute Gasteiger partial charge is 0.416 e. The molecule has 6 nitrogen and oxygen atoms in total. The highest BCUT2D eigenvalue weighted by Crippen LogP contribution is 2.30. The van der Waals surface area contributed by atoms with Gasteiger partial charge in [-0.2, -0.15) is 18.3 Å². The number of carbonyl (C=O) groups excluding carboxylic acids is 1. The number of hydrogen-bond donors (Lipinski definition) is 1. The van der Waals surface area contributed by atoms with Gasteiger partial charge in [0.15, 0.2) is 0 Å². The van der Waals surface area contributed by atoms with E-state index in [9.17, 15) is 22.8 Å². The van der Waals surface area contributed by atoms with Crippen molar-refractivity contribution in [3.05, 3.63) is 81.5 Å². The lowest BCUT2D eigenvalue weighted by atomic mass is 10.1. The Morgan fingerprint density at radius 1 is 1.21 bits per heavy atom. The van der Waals surface area contributed by atoms with Crippen molar-refractivity contribution in [2.75, 3.05) is 0 Å². The zero-order chi connectivity index (χ0) is 21.2. The third kappa shape index (κ3) is 4.39. The highest BCUT2D eigenvalue weighted by atomic mass is 19.4. The molecule has 3 aromatic rings. The van der Waals surface area contributed by atoms with Gasteiger partial charge in [-0.25, -0.2) is 0 Å². The highest BCUT2D eigenvalue weighted by Gasteiger charge is 2.30. The average Bonchev–Trinajstić information content (AvgIpc) is 3.14. The fourth-order valence-corrected chi connectivity index (χ4v) is 2.89. The molecule has 0 saturated heterocycles. The van der Waals surface area contributed by atoms with Gasteiger partial charge in [-0.15, -0.1) is 0 Å². The van der Waals surface area contributed by atoms with E-state index in [-0.39, 0.29) is 17.8 Å². The van der Waals surface area contributed by atoms with E-state index in [4.69, 9.17) is 0 Å². The molecule has 0 bridgehead atoms. The van der Waals surface area contributed by atoms with Gasteiger partial charge >= 0.3 is 6.18 Å². The van der Waals surface area contributed by atoms with Crippen LogP contribution in [-0.4, -0.2) is 20.3 Å². The van der Waals surface area contributed by atoms with Gasteiger partial charge in [-0.3, -0.25) is 18.8 Å². The van der Waals surface area contributed by atoms with Gasteiger partial charge in [0.1, 0.15) is 5.56 Å². The van der Waals surface area contributed by atoms with Crippen LogP contribution in [-0.2, 0) is 19.3 Å². The number of amides is 1. The quantitative estimate of drug-likeness (QED) is 0.709. The topological polar surface area (TPSA) is 68.9 Å². The molecule has 29 heavy (non-hydrogen) atoms. The fraction of sp³-hybridized carbons (Fsp3) is 0.250. The van der Waals surface area contributed by atoms with Crippen molar-refractivity contribution in [3.8, 4) is 5.69 Å². The summed E-state index contributed by atoms with van der Waals surface area (Å²) in [7, 11) is 0. The smallest absolute Gasteiger partial charge is 0.348 e. The number of pyridine rings is 1. The molecule has 0 saturated carbocycles. The minimum absolute atomic E-state index is 0.0428. The number of carbonyl (C=O) groups is 1. The SMILES string of the molecule is CCn1cc(CNC(=O)c2ccc(C)n(-c3cccc(C(F)(F)F)c3)c2=O)cn1. The van der Waals surface area contributed by atoms with Crippen LogP contribution in [0.5, 0.6) is 0 Å². The predicted octanol–water partition coefficient (Wildman–Crippen LogP) is 3.31. The van der Waals surface area contributed by atoms with Crippen LogP contribution in [0, 0.1) is 6.92 Å². The first-order valence-corrected chi connectivity index (χ1v) is 8.90. The lowest BCUT2D eigenvalue weighted by Gasteiger charge is -2.14. The van der Waals surface area contributed by atoms with Crippen molar-refractivity contribution in [1.29, 1.82) is 0 Å². The zero-order valence-corrected chi connectivity index (χ0v) is 15.8. The van der Waals surface area contributed by atoms with Gasteiger partial charge in [0.2, 0.25) is 0 Å². The van der Waals surface area contributed by atoms with Crippen LogP contribution in [0.1, 0.15) is 34.1 Å². The lowest BCUT2D eigenvalue weighted by Crippen LogP contribution is -2.33. The first kappa shape index (κ1) is 20.4. The molecule has 152 valence electrons. The minimum Gasteiger partial charge on any atom is -0.348 e. The number of hydrogen-bond acceptors (Lipinski definition) is 3. The summed E-state index contributed by atoms with van der Waals surface area (Å²) in [6.07, 6.45) is -1.15. The molecule has 9 heteroatoms. The van der Waals surface area contributed by atoms with Crippen molar-refractivity contribution >= 4 is 5.91 Å². The number of aromatic nitrogens is 3. The zero-order valence-electron chi connectivity index (χ0n) is 15.8. The van der Waals surface area contributed by atoms with Gasteiger partial charge in [0, 0.05) is 36.2 Å². The Bertz CT molecular complexity index is 1100. The Labute approximate surface area is 164 Å². The molecule has 0 radical (unpaired) electrons. The lowest BCUT2D eigenvalue weighted by molar-refractivity contribution is -0.137. The average molecular weight is 404 g/mol. The molecular formula is C20H19F3N4O2. The molecule has 1 aromatic carbocycles. The number of benzene rings is 1. The Hall–Kier alpha value is -3.36. The predicted molar refractivity (Wildman–Crippen MR) is 101 cm³/mol. The van der Waals surface area contributed by atoms with Crippen LogP contribution in [0.2, 0.25) is 0 Å². The highest BCUT2D eigenvalue weighted by molar-refractivity contribution is 5.93. The Morgan fingerprint density at radius 2 is 1.97 bits per heavy atom. The molecule has 0 spiro atoms. The van der Waals surface area contributed by atoms with Gasteiger partial charge in [0.05, 0.1) is 11.8 Å². The second-order valence-electron chi connectivity index (χ2n) is 6.46. The molecule has 3 rings (SSSR count). The Morgan fingerprint density at radius 3 is 2.62 bits per heavy atom. The van der Waals surface area contributed by atoms with Crippen molar-refractivity contribution in [2.45, 2.75) is 33.1 Å². The second kappa shape index (κ2) is 7.94. The second-order valence-corrected chi connectivity index (χ2v) is 6.46. The first-order valence-electron chi connectivity index (χ1n) is 8.90. The number of alkyl halides is 3. The van der Waals surface area contributed by atoms with Crippen LogP contribution >= 0.6 is 0 Å². The molecule has 0 aliphatic carbocycles. The number of rotatable bonds is 5. The van der Waals surface area contributed by atoms with Crippen LogP contribution in [0.25, 0.3) is 5.69 Å². The molecule has 2 aromatic heterocycles. The van der Waals surface area contributed by atoms with Gasteiger partial charge in [0.25, 0.3) is 11.5 Å². The van der Waals surface area contributed by atoms with Crippen LogP contribution < -0.4 is 10.9 Å². The maximum Gasteiger partial charge on any atom is 0.416 e. The molecule has 1 N–H and O–H groups in total. The number of nitrogens with one attached hydrogen (secondary N) is 1. The van der Waals surface area contributed by atoms with Crippen molar-refractivity contribution in [2.24, 2.45) is 0 Å². The van der Waals surface area contributed by atoms with Crippen LogP contribution in [0.4, 0.5) is 13.2 Å². The molecule has 0 atom stereocenters. The van der Waals surface area contributed by atoms with E-state index in [1.54, 1.807) is 24.0 Å². The molecule has 1 amide bonds. The first-order chi connectivity index (χ1) is 13.7. The molecule has 0 fully saturated rings. The summed E-state index contributed by atoms with van der Waals surface area (Å²) in [5.41, 5.74) is -0.493. The van der Waals surface area contributed by atoms with Crippen molar-refractivity contribution in [3.63, 3.8) is 0 Å². The standard InChI is InChI=1S/C20H19F3N4O2/c1-3-26-12-14(11-25-26)10-24-18(28)17-8-7-13(2)27(19(17)29)16-6-4-5-15(9-16)20(21,22)23/h4-9,11-12H,3,10H2,1-2H3,(H,24,28). The van der Waals surface area contributed by atoms with Gasteiger partial charge < -0.3 is 5.32 Å². The summed E-state index contributed by atoms with van der Waals surface area (Å²) >= 11 is 0. The normalized spacial score (nSPS) is 11.5. The van der Waals surface area contributed by atoms with E-state index >= 15 is 0 Å². The number of halogens is 3. The summed E-state index contributed by atoms with van der Waals surface area (Å²) in [5.74, 6) is -0.611. The summed E-state index contributed by atoms with van der Waals surface area (Å²) < 4.78 is 41.9. The van der Waals surface area contributed by atoms with E-state index in [0.29, 0.717) is 12.2 Å². The Balaban J connectivity index is 1.91. The van der Waals surface area contributed by atoms with E-state index < -0.39 is 23.2 Å². The van der Waals surface area contributed by atoms with Crippen LogP contribution in [0.15, 0.2) is 53.6 Å². The Kier molecular flexibility index (Phi) is 5.58. The van der Waals surface area contributed by atoms with Gasteiger partial charge in [-0.05, 0) is 44.2 Å². The van der Waals surface area contributed by atoms with E-state index in [1.165, 1.54) is 24.3 Å². The molecule has 0 aliphatic rings. The van der Waals surface area contributed by atoms with Gasteiger partial charge in [-0.1, -0.05) is 6.07 Å². The summed E-state index contributed by atoms with van der Waals surface area (Å²) in [4.78, 5) is 25.4. The van der Waals surface area contributed by atoms with E-state index in [0.717, 1.165) is 22.3 Å². The maximum atomic E-state index is 13.0. The van der Waals surface area contributed by atoms with Crippen LogP contribution in [0.3, 0.4) is 0 Å². The van der Waals surface area contributed by atoms with E-state index in [1.807, 2.05) is 6.92 Å². The van der Waals surface area contributed by atoms with Crippen molar-refractivity contribution < 1.29 is 18.0 Å². The van der Waals surface area contributed by atoms with Crippen molar-refractivity contribution in [1.82, 2.24) is 19.7 Å². The minimum atomic E-state index is -4.54. The third-order valence-corrected chi connectivity index (χ3v) is 4.42. The summed E-state index contributed by atoms with van der Waals surface area (Å²) in [6, 6.07) is 7.32. The molecule has 0 unspecified atom stereocenters.